The minimum absolute atomic E-state index is 0.183. The first-order chi connectivity index (χ1) is 19.3. The number of halogens is 2. The number of amides is 2. The van der Waals surface area contributed by atoms with Gasteiger partial charge in [0, 0.05) is 54.9 Å². The van der Waals surface area contributed by atoms with Crippen molar-refractivity contribution in [3.05, 3.63) is 125 Å². The van der Waals surface area contributed by atoms with Crippen LogP contribution < -0.4 is 10.6 Å². The zero-order valence-electron chi connectivity index (χ0n) is 21.8. The summed E-state index contributed by atoms with van der Waals surface area (Å²) in [6.07, 6.45) is 8.51. The lowest BCUT2D eigenvalue weighted by molar-refractivity contribution is -0.117. The number of hydrogen-bond acceptors (Lipinski definition) is 4. The number of H-pyrrole nitrogens is 1. The van der Waals surface area contributed by atoms with Crippen molar-refractivity contribution in [1.82, 2.24) is 25.5 Å². The largest absolute Gasteiger partial charge is 0.352 e. The number of rotatable bonds is 8. The van der Waals surface area contributed by atoms with Crippen LogP contribution in [0.5, 0.6) is 0 Å². The number of carbonyl (C=O) groups excluding carboxylic acids is 2. The Bertz CT molecular complexity index is 1690. The van der Waals surface area contributed by atoms with E-state index in [0.29, 0.717) is 34.6 Å². The van der Waals surface area contributed by atoms with Gasteiger partial charge in [-0.1, -0.05) is 30.8 Å². The van der Waals surface area contributed by atoms with Gasteiger partial charge in [-0.3, -0.25) is 9.59 Å². The van der Waals surface area contributed by atoms with Gasteiger partial charge in [0.1, 0.15) is 5.65 Å². The predicted molar refractivity (Wildman–Crippen MR) is 150 cm³/mol. The molecular weight excluding hydrogens is 512 g/mol. The van der Waals surface area contributed by atoms with Gasteiger partial charge in [0.15, 0.2) is 11.6 Å². The summed E-state index contributed by atoms with van der Waals surface area (Å²) in [5.74, 6) is -2.33. The Labute approximate surface area is 229 Å². The molecule has 2 aromatic carbocycles. The fourth-order valence-electron chi connectivity index (χ4n) is 4.53. The Hall–Kier alpha value is -5.05. The van der Waals surface area contributed by atoms with Gasteiger partial charge < -0.3 is 20.5 Å². The summed E-state index contributed by atoms with van der Waals surface area (Å²) in [7, 11) is 0. The summed E-state index contributed by atoms with van der Waals surface area (Å²) >= 11 is 0. The summed E-state index contributed by atoms with van der Waals surface area (Å²) in [5, 5.41) is 6.54. The molecule has 202 valence electrons. The molecule has 0 fully saturated rings. The lowest BCUT2D eigenvalue weighted by Gasteiger charge is -2.27. The molecule has 4 aromatic rings. The Morgan fingerprint density at radius 3 is 2.67 bits per heavy atom. The third-order valence-electron chi connectivity index (χ3n) is 6.59. The molecule has 0 radical (unpaired) electrons. The molecule has 0 saturated heterocycles. The first-order valence-corrected chi connectivity index (χ1v) is 12.7. The number of hydrogen-bond donors (Lipinski definition) is 3. The molecular formula is C31H27F2N5O2. The summed E-state index contributed by atoms with van der Waals surface area (Å²) < 4.78 is 26.9. The molecule has 40 heavy (non-hydrogen) atoms. The average molecular weight is 540 g/mol. The maximum atomic E-state index is 13.6. The number of benzene rings is 2. The van der Waals surface area contributed by atoms with Gasteiger partial charge in [0.25, 0.3) is 11.8 Å². The van der Waals surface area contributed by atoms with Crippen LogP contribution in [-0.2, 0) is 17.9 Å². The summed E-state index contributed by atoms with van der Waals surface area (Å²) in [5.41, 5.74) is 5.21. The Morgan fingerprint density at radius 1 is 1.02 bits per heavy atom. The first kappa shape index (κ1) is 26.6. The minimum Gasteiger partial charge on any atom is -0.352 e. The standard InChI is InChI=1S/C31H27F2N5O2/c1-3-34-30(39)23-14-25-26(17-36-29(25)35-16-23)22-7-4-6-20(12-22)15-37-31(40)24-8-5-11-38(19(24)2)18-21-9-10-27(32)28(33)13-21/h4-14,16-17H,2-3,15,18H2,1H3,(H,34,39)(H,35,36)(H,37,40). The third kappa shape index (κ3) is 5.54. The topological polar surface area (TPSA) is 90.1 Å². The summed E-state index contributed by atoms with van der Waals surface area (Å²) in [4.78, 5) is 34.6. The number of carbonyl (C=O) groups is 2. The lowest BCUT2D eigenvalue weighted by atomic mass is 10.0. The minimum atomic E-state index is -0.925. The molecule has 7 nitrogen and oxygen atoms in total. The number of fused-ring (bicyclic) bond motifs is 1. The fourth-order valence-corrected chi connectivity index (χ4v) is 4.53. The second-order valence-corrected chi connectivity index (χ2v) is 9.31. The molecule has 3 N–H and O–H groups in total. The number of aromatic amines is 1. The lowest BCUT2D eigenvalue weighted by Crippen LogP contribution is -2.30. The molecule has 0 unspecified atom stereocenters. The van der Waals surface area contributed by atoms with Crippen LogP contribution in [0.4, 0.5) is 8.78 Å². The third-order valence-corrected chi connectivity index (χ3v) is 6.59. The molecule has 0 bridgehead atoms. The number of nitrogens with zero attached hydrogens (tertiary/aromatic N) is 2. The van der Waals surface area contributed by atoms with Gasteiger partial charge in [0.2, 0.25) is 0 Å². The van der Waals surface area contributed by atoms with Crippen molar-refractivity contribution in [1.29, 1.82) is 0 Å². The highest BCUT2D eigenvalue weighted by Gasteiger charge is 2.20. The molecule has 3 heterocycles. The molecule has 9 heteroatoms. The van der Waals surface area contributed by atoms with Crippen molar-refractivity contribution in [3.8, 4) is 11.1 Å². The van der Waals surface area contributed by atoms with Crippen molar-refractivity contribution in [3.63, 3.8) is 0 Å². The summed E-state index contributed by atoms with van der Waals surface area (Å²) in [6, 6.07) is 13.3. The van der Waals surface area contributed by atoms with Crippen LogP contribution in [0.15, 0.2) is 97.1 Å². The fraction of sp³-hybridized carbons (Fsp3) is 0.129. The number of nitrogens with one attached hydrogen (secondary N) is 3. The predicted octanol–water partition coefficient (Wildman–Crippen LogP) is 5.34. The van der Waals surface area contributed by atoms with Crippen molar-refractivity contribution in [2.45, 2.75) is 20.0 Å². The van der Waals surface area contributed by atoms with E-state index in [0.717, 1.165) is 34.2 Å². The zero-order chi connectivity index (χ0) is 28.2. The van der Waals surface area contributed by atoms with Gasteiger partial charge in [-0.2, -0.15) is 0 Å². The van der Waals surface area contributed by atoms with Crippen LogP contribution in [0.3, 0.4) is 0 Å². The van der Waals surface area contributed by atoms with Gasteiger partial charge in [-0.25, -0.2) is 13.8 Å². The highest BCUT2D eigenvalue weighted by atomic mass is 19.2. The first-order valence-electron chi connectivity index (χ1n) is 12.7. The van der Waals surface area contributed by atoms with Crippen molar-refractivity contribution >= 4 is 22.8 Å². The number of allylic oxidation sites excluding steroid dienone is 2. The molecule has 0 spiro atoms. The van der Waals surface area contributed by atoms with E-state index < -0.39 is 11.6 Å². The summed E-state index contributed by atoms with van der Waals surface area (Å²) in [6.45, 7) is 6.93. The molecule has 0 aliphatic carbocycles. The molecule has 2 amide bonds. The quantitative estimate of drug-likeness (QED) is 0.282. The van der Waals surface area contributed by atoms with E-state index >= 15 is 0 Å². The maximum absolute atomic E-state index is 13.6. The SMILES string of the molecule is C=C1C(C(=O)NCc2cccc(-c3c[nH]c4ncc(C(=O)NCC)cc34)c2)=CC=CN1Cc1ccc(F)c(F)c1. The van der Waals surface area contributed by atoms with Crippen LogP contribution in [-0.4, -0.2) is 33.2 Å². The second-order valence-electron chi connectivity index (χ2n) is 9.31. The van der Waals surface area contributed by atoms with Crippen LogP contribution in [0.25, 0.3) is 22.2 Å². The Kier molecular flexibility index (Phi) is 7.54. The number of aromatic nitrogens is 2. The molecule has 5 rings (SSSR count). The second kappa shape index (κ2) is 11.4. The smallest absolute Gasteiger partial charge is 0.253 e. The van der Waals surface area contributed by atoms with Gasteiger partial charge in [-0.15, -0.1) is 0 Å². The van der Waals surface area contributed by atoms with E-state index in [2.05, 4.69) is 27.2 Å². The van der Waals surface area contributed by atoms with Crippen LogP contribution in [0.2, 0.25) is 0 Å². The van der Waals surface area contributed by atoms with Crippen molar-refractivity contribution < 1.29 is 18.4 Å². The van der Waals surface area contributed by atoms with E-state index in [1.165, 1.54) is 6.07 Å². The van der Waals surface area contributed by atoms with Crippen molar-refractivity contribution in [2.24, 2.45) is 0 Å². The Balaban J connectivity index is 1.27. The highest BCUT2D eigenvalue weighted by molar-refractivity contribution is 6.01. The molecule has 1 aliphatic rings. The van der Waals surface area contributed by atoms with Crippen LogP contribution in [0.1, 0.15) is 28.4 Å². The van der Waals surface area contributed by atoms with Gasteiger partial charge >= 0.3 is 0 Å². The average Bonchev–Trinajstić information content (AvgIpc) is 3.38. The van der Waals surface area contributed by atoms with Gasteiger partial charge in [-0.05, 0) is 60.0 Å². The number of pyridine rings is 1. The monoisotopic (exact) mass is 539 g/mol. The molecule has 1 aliphatic heterocycles. The van der Waals surface area contributed by atoms with Crippen LogP contribution >= 0.6 is 0 Å². The normalized spacial score (nSPS) is 12.9. The van der Waals surface area contributed by atoms with Crippen molar-refractivity contribution in [2.75, 3.05) is 6.54 Å². The van der Waals surface area contributed by atoms with Gasteiger partial charge in [0.05, 0.1) is 11.1 Å². The maximum Gasteiger partial charge on any atom is 0.253 e. The molecule has 2 aromatic heterocycles. The van der Waals surface area contributed by atoms with E-state index in [-0.39, 0.29) is 24.9 Å². The van der Waals surface area contributed by atoms with Crippen LogP contribution in [0, 0.1) is 11.6 Å². The van der Waals surface area contributed by atoms with E-state index in [9.17, 15) is 18.4 Å². The van der Waals surface area contributed by atoms with E-state index in [4.69, 9.17) is 0 Å². The molecule has 0 saturated carbocycles. The van der Waals surface area contributed by atoms with E-state index in [1.54, 1.807) is 29.4 Å². The molecule has 0 atom stereocenters. The zero-order valence-corrected chi connectivity index (χ0v) is 21.8. The Morgan fingerprint density at radius 2 is 1.88 bits per heavy atom. The highest BCUT2D eigenvalue weighted by Crippen LogP contribution is 2.29. The van der Waals surface area contributed by atoms with E-state index in [1.807, 2.05) is 43.5 Å².